The van der Waals surface area contributed by atoms with Crippen molar-refractivity contribution >= 4 is 10.9 Å². The van der Waals surface area contributed by atoms with Crippen LogP contribution in [-0.4, -0.2) is 25.7 Å². The van der Waals surface area contributed by atoms with Gasteiger partial charge in [-0.25, -0.2) is 0 Å². The smallest absolute Gasteiger partial charge is 0.120 e. The summed E-state index contributed by atoms with van der Waals surface area (Å²) in [6.07, 6.45) is 1.02. The fraction of sp³-hybridized carbons (Fsp3) is 0.333. The predicted molar refractivity (Wildman–Crippen MR) is 62.5 cm³/mol. The number of hydrogen-bond acceptors (Lipinski definition) is 2. The lowest BCUT2D eigenvalue weighted by Gasteiger charge is -1.97. The number of hydrogen-bond donors (Lipinski definition) is 2. The van der Waals surface area contributed by atoms with E-state index < -0.39 is 0 Å². The second-order valence-corrected chi connectivity index (χ2v) is 3.60. The highest BCUT2D eigenvalue weighted by atomic mass is 16.5. The average molecular weight is 204 g/mol. The van der Waals surface area contributed by atoms with Crippen LogP contribution >= 0.6 is 0 Å². The molecule has 0 radical (unpaired) electrons. The molecule has 0 aliphatic rings. The van der Waals surface area contributed by atoms with Gasteiger partial charge in [-0.1, -0.05) is 0 Å². The predicted octanol–water partition coefficient (Wildman–Crippen LogP) is 1.94. The van der Waals surface area contributed by atoms with Crippen LogP contribution in [0.4, 0.5) is 0 Å². The topological polar surface area (TPSA) is 37.0 Å². The summed E-state index contributed by atoms with van der Waals surface area (Å²) in [6, 6.07) is 8.27. The number of rotatable bonds is 4. The molecule has 80 valence electrons. The van der Waals surface area contributed by atoms with Crippen LogP contribution in [-0.2, 0) is 6.42 Å². The normalized spacial score (nSPS) is 10.8. The average Bonchev–Trinajstić information content (AvgIpc) is 2.67. The van der Waals surface area contributed by atoms with Crippen LogP contribution in [0.1, 0.15) is 5.69 Å². The van der Waals surface area contributed by atoms with E-state index in [9.17, 15) is 0 Å². The van der Waals surface area contributed by atoms with Gasteiger partial charge in [0, 0.05) is 23.8 Å². The van der Waals surface area contributed by atoms with Gasteiger partial charge in [0.2, 0.25) is 0 Å². The zero-order chi connectivity index (χ0) is 10.7. The van der Waals surface area contributed by atoms with E-state index in [1.165, 1.54) is 11.1 Å². The van der Waals surface area contributed by atoms with E-state index in [4.69, 9.17) is 4.74 Å². The van der Waals surface area contributed by atoms with Crippen LogP contribution in [0.5, 0.6) is 5.75 Å². The molecule has 3 heteroatoms. The van der Waals surface area contributed by atoms with Gasteiger partial charge in [0.15, 0.2) is 0 Å². The van der Waals surface area contributed by atoms with Crippen molar-refractivity contribution in [1.29, 1.82) is 0 Å². The van der Waals surface area contributed by atoms with E-state index in [1.54, 1.807) is 7.11 Å². The lowest BCUT2D eigenvalue weighted by atomic mass is 10.2. The van der Waals surface area contributed by atoms with Gasteiger partial charge in [-0.05, 0) is 37.1 Å². The molecular weight excluding hydrogens is 188 g/mol. The van der Waals surface area contributed by atoms with Crippen LogP contribution in [0, 0.1) is 0 Å². The van der Waals surface area contributed by atoms with Gasteiger partial charge in [-0.2, -0.15) is 0 Å². The molecule has 0 bridgehead atoms. The Hall–Kier alpha value is -1.48. The maximum absolute atomic E-state index is 5.18. The van der Waals surface area contributed by atoms with Crippen LogP contribution in [0.2, 0.25) is 0 Å². The van der Waals surface area contributed by atoms with Crippen LogP contribution < -0.4 is 10.1 Å². The quantitative estimate of drug-likeness (QED) is 0.798. The SMILES string of the molecule is CNCCc1cc2ccc(OC)cc2[nH]1. The highest BCUT2D eigenvalue weighted by Gasteiger charge is 2.01. The van der Waals surface area contributed by atoms with Crippen molar-refractivity contribution in [1.82, 2.24) is 10.3 Å². The number of likely N-dealkylation sites (N-methyl/N-ethyl adjacent to an activating group) is 1. The largest absolute Gasteiger partial charge is 0.497 e. The van der Waals surface area contributed by atoms with Gasteiger partial charge >= 0.3 is 0 Å². The lowest BCUT2D eigenvalue weighted by Crippen LogP contribution is -2.10. The van der Waals surface area contributed by atoms with E-state index in [1.807, 2.05) is 19.2 Å². The van der Waals surface area contributed by atoms with Gasteiger partial charge in [-0.3, -0.25) is 0 Å². The molecule has 15 heavy (non-hydrogen) atoms. The molecule has 1 aromatic carbocycles. The van der Waals surface area contributed by atoms with Crippen LogP contribution in [0.15, 0.2) is 24.3 Å². The Kier molecular flexibility index (Phi) is 2.92. The fourth-order valence-corrected chi connectivity index (χ4v) is 1.69. The first-order valence-corrected chi connectivity index (χ1v) is 5.13. The molecule has 1 aromatic heterocycles. The third-order valence-corrected chi connectivity index (χ3v) is 2.53. The van der Waals surface area contributed by atoms with Crippen molar-refractivity contribution in [3.63, 3.8) is 0 Å². The van der Waals surface area contributed by atoms with E-state index in [0.29, 0.717) is 0 Å². The monoisotopic (exact) mass is 204 g/mol. The minimum Gasteiger partial charge on any atom is -0.497 e. The molecule has 0 fully saturated rings. The molecule has 0 saturated heterocycles. The summed E-state index contributed by atoms with van der Waals surface area (Å²) in [6.45, 7) is 0.990. The Bertz CT molecular complexity index is 448. The highest BCUT2D eigenvalue weighted by molar-refractivity contribution is 5.81. The van der Waals surface area contributed by atoms with Crippen molar-refractivity contribution in [2.45, 2.75) is 6.42 Å². The number of benzene rings is 1. The minimum atomic E-state index is 0.893. The number of ether oxygens (including phenoxy) is 1. The van der Waals surface area contributed by atoms with Crippen LogP contribution in [0.3, 0.4) is 0 Å². The molecule has 2 rings (SSSR count). The number of aromatic nitrogens is 1. The lowest BCUT2D eigenvalue weighted by molar-refractivity contribution is 0.415. The molecule has 2 aromatic rings. The standard InChI is InChI=1S/C12H16N2O/c1-13-6-5-10-7-9-3-4-11(15-2)8-12(9)14-10/h3-4,7-8,13-14H,5-6H2,1-2H3. The summed E-state index contributed by atoms with van der Waals surface area (Å²) in [7, 11) is 3.65. The van der Waals surface area contributed by atoms with Crippen molar-refractivity contribution < 1.29 is 4.74 Å². The maximum atomic E-state index is 5.18. The molecule has 1 heterocycles. The summed E-state index contributed by atoms with van der Waals surface area (Å²) in [5, 5.41) is 4.38. The molecule has 0 saturated carbocycles. The Morgan fingerprint density at radius 3 is 2.93 bits per heavy atom. The molecule has 3 nitrogen and oxygen atoms in total. The summed E-state index contributed by atoms with van der Waals surface area (Å²) in [4.78, 5) is 3.39. The fourth-order valence-electron chi connectivity index (χ4n) is 1.69. The van der Waals surface area contributed by atoms with Gasteiger partial charge in [0.1, 0.15) is 5.75 Å². The van der Waals surface area contributed by atoms with Crippen molar-refractivity contribution in [3.05, 3.63) is 30.0 Å². The van der Waals surface area contributed by atoms with Crippen molar-refractivity contribution in [2.24, 2.45) is 0 Å². The second-order valence-electron chi connectivity index (χ2n) is 3.60. The first-order chi connectivity index (χ1) is 7.33. The molecule has 2 N–H and O–H groups in total. The van der Waals surface area contributed by atoms with Gasteiger partial charge < -0.3 is 15.0 Å². The number of fused-ring (bicyclic) bond motifs is 1. The zero-order valence-corrected chi connectivity index (χ0v) is 9.13. The molecular formula is C12H16N2O. The number of aromatic amines is 1. The van der Waals surface area contributed by atoms with Crippen LogP contribution in [0.25, 0.3) is 10.9 Å². The Morgan fingerprint density at radius 1 is 1.33 bits per heavy atom. The Labute approximate surface area is 89.4 Å². The second kappa shape index (κ2) is 4.36. The van der Waals surface area contributed by atoms with Gasteiger partial charge in [-0.15, -0.1) is 0 Å². The number of methoxy groups -OCH3 is 1. The summed E-state index contributed by atoms with van der Waals surface area (Å²) in [5.41, 5.74) is 2.40. The Balaban J connectivity index is 2.29. The Morgan fingerprint density at radius 2 is 2.20 bits per heavy atom. The minimum absolute atomic E-state index is 0.893. The molecule has 0 unspecified atom stereocenters. The molecule has 0 aliphatic carbocycles. The zero-order valence-electron chi connectivity index (χ0n) is 9.13. The van der Waals surface area contributed by atoms with Gasteiger partial charge in [0.05, 0.1) is 7.11 Å². The molecule has 0 spiro atoms. The number of nitrogens with one attached hydrogen (secondary N) is 2. The van der Waals surface area contributed by atoms with E-state index in [2.05, 4.69) is 22.4 Å². The van der Waals surface area contributed by atoms with E-state index in [0.717, 1.165) is 24.2 Å². The van der Waals surface area contributed by atoms with E-state index in [-0.39, 0.29) is 0 Å². The van der Waals surface area contributed by atoms with Gasteiger partial charge in [0.25, 0.3) is 0 Å². The maximum Gasteiger partial charge on any atom is 0.120 e. The molecule has 0 amide bonds. The van der Waals surface area contributed by atoms with Crippen molar-refractivity contribution in [3.8, 4) is 5.75 Å². The summed E-state index contributed by atoms with van der Waals surface area (Å²) in [5.74, 6) is 0.893. The third-order valence-electron chi connectivity index (χ3n) is 2.53. The first kappa shape index (κ1) is 10.1. The van der Waals surface area contributed by atoms with E-state index >= 15 is 0 Å². The first-order valence-electron chi connectivity index (χ1n) is 5.13. The third kappa shape index (κ3) is 2.13. The highest BCUT2D eigenvalue weighted by Crippen LogP contribution is 2.21. The number of H-pyrrole nitrogens is 1. The van der Waals surface area contributed by atoms with Crippen molar-refractivity contribution in [2.75, 3.05) is 20.7 Å². The molecule has 0 atom stereocenters. The summed E-state index contributed by atoms with van der Waals surface area (Å²) >= 11 is 0. The molecule has 0 aliphatic heterocycles. The summed E-state index contributed by atoms with van der Waals surface area (Å²) < 4.78 is 5.18.